The first-order chi connectivity index (χ1) is 32.3. The molecule has 14 nitrogen and oxygen atoms in total. The molecule has 7 N–H and O–H groups in total. The second-order valence-electron chi connectivity index (χ2n) is 17.2. The summed E-state index contributed by atoms with van der Waals surface area (Å²) < 4.78 is 33.5. The van der Waals surface area contributed by atoms with Crippen LogP contribution in [0, 0.1) is 0 Å². The van der Waals surface area contributed by atoms with E-state index < -0.39 is 81.8 Å². The van der Waals surface area contributed by atoms with E-state index in [0.29, 0.717) is 25.7 Å². The van der Waals surface area contributed by atoms with Crippen molar-refractivity contribution >= 4 is 19.8 Å². The van der Waals surface area contributed by atoms with Crippen LogP contribution in [-0.2, 0) is 32.7 Å². The van der Waals surface area contributed by atoms with Crippen LogP contribution >= 0.6 is 7.82 Å². The van der Waals surface area contributed by atoms with E-state index in [9.17, 15) is 49.7 Å². The number of unbranched alkanes of at least 4 members (excludes halogenated alkanes) is 14. The summed E-state index contributed by atoms with van der Waals surface area (Å²) in [6, 6.07) is 0. The summed E-state index contributed by atoms with van der Waals surface area (Å²) in [5.74, 6) is -1.25. The van der Waals surface area contributed by atoms with E-state index >= 15 is 0 Å². The van der Waals surface area contributed by atoms with Crippen LogP contribution in [0.25, 0.3) is 0 Å². The van der Waals surface area contributed by atoms with Crippen molar-refractivity contribution < 1.29 is 68.2 Å². The first-order valence-corrected chi connectivity index (χ1v) is 26.5. The third-order valence-electron chi connectivity index (χ3n) is 11.0. The quantitative estimate of drug-likeness (QED) is 0.00998. The van der Waals surface area contributed by atoms with Crippen molar-refractivity contribution in [2.24, 2.45) is 0 Å². The van der Waals surface area contributed by atoms with E-state index in [0.717, 1.165) is 64.2 Å². The van der Waals surface area contributed by atoms with E-state index in [1.807, 2.05) is 18.2 Å². The van der Waals surface area contributed by atoms with Crippen LogP contribution in [0.3, 0.4) is 0 Å². The van der Waals surface area contributed by atoms with Gasteiger partial charge in [-0.05, 0) is 83.5 Å². The number of phosphoric acid groups is 1. The molecule has 0 bridgehead atoms. The Labute approximate surface area is 401 Å². The fourth-order valence-corrected chi connectivity index (χ4v) is 7.93. The zero-order valence-corrected chi connectivity index (χ0v) is 41.4. The summed E-state index contributed by atoms with van der Waals surface area (Å²) in [6.45, 7) is 3.12. The summed E-state index contributed by atoms with van der Waals surface area (Å²) in [4.78, 5) is 35.8. The van der Waals surface area contributed by atoms with E-state index in [1.165, 1.54) is 51.4 Å². The lowest BCUT2D eigenvalue weighted by Crippen LogP contribution is -2.64. The maximum Gasteiger partial charge on any atom is 0.472 e. The zero-order valence-electron chi connectivity index (χ0n) is 40.5. The number of carbonyl (C=O) groups is 2. The monoisotopic (exact) mass is 967 g/mol. The molecule has 9 atom stereocenters. The second kappa shape index (κ2) is 40.8. The van der Waals surface area contributed by atoms with Crippen LogP contribution in [-0.4, -0.2) is 110 Å². The minimum atomic E-state index is -5.17. The van der Waals surface area contributed by atoms with Gasteiger partial charge in [-0.25, -0.2) is 4.57 Å². The van der Waals surface area contributed by atoms with Crippen molar-refractivity contribution in [2.45, 2.75) is 217 Å². The Hall–Kier alpha value is -3.01. The molecule has 0 aromatic carbocycles. The summed E-state index contributed by atoms with van der Waals surface area (Å²) in [5.41, 5.74) is 0. The van der Waals surface area contributed by atoms with Gasteiger partial charge in [0.1, 0.15) is 43.2 Å². The third kappa shape index (κ3) is 33.2. The first kappa shape index (κ1) is 62.0. The van der Waals surface area contributed by atoms with Crippen LogP contribution < -0.4 is 0 Å². The smallest absolute Gasteiger partial charge is 0.462 e. The molecule has 15 heteroatoms. The van der Waals surface area contributed by atoms with Gasteiger partial charge in [0.2, 0.25) is 0 Å². The van der Waals surface area contributed by atoms with E-state index in [2.05, 4.69) is 62.5 Å². The summed E-state index contributed by atoms with van der Waals surface area (Å²) in [6.07, 6.45) is 36.5. The van der Waals surface area contributed by atoms with Gasteiger partial charge in [-0.15, -0.1) is 0 Å². The average Bonchev–Trinajstić information content (AvgIpc) is 3.31. The predicted octanol–water partition coefficient (Wildman–Crippen LogP) is 9.42. The van der Waals surface area contributed by atoms with Crippen molar-refractivity contribution in [3.05, 3.63) is 85.1 Å². The summed E-state index contributed by atoms with van der Waals surface area (Å²) >= 11 is 0. The van der Waals surface area contributed by atoms with Gasteiger partial charge >= 0.3 is 19.8 Å². The van der Waals surface area contributed by atoms with E-state index in [1.54, 1.807) is 18.2 Å². The van der Waals surface area contributed by atoms with Crippen molar-refractivity contribution in [2.75, 3.05) is 13.2 Å². The predicted molar refractivity (Wildman–Crippen MR) is 264 cm³/mol. The molecule has 0 amide bonds. The maximum atomic E-state index is 12.8. The number of hydrogen-bond acceptors (Lipinski definition) is 13. The number of allylic oxidation sites excluding steroid dienone is 12. The molecule has 0 radical (unpaired) electrons. The van der Waals surface area contributed by atoms with Gasteiger partial charge in [0.15, 0.2) is 6.10 Å². The fourth-order valence-electron chi connectivity index (χ4n) is 6.95. The minimum Gasteiger partial charge on any atom is -0.462 e. The molecule has 1 fully saturated rings. The summed E-state index contributed by atoms with van der Waals surface area (Å²) in [7, 11) is -5.17. The maximum absolute atomic E-state index is 12.8. The van der Waals surface area contributed by atoms with Crippen LogP contribution in [0.15, 0.2) is 85.1 Å². The Morgan fingerprint density at radius 3 is 1.60 bits per heavy atom. The first-order valence-electron chi connectivity index (χ1n) is 25.0. The number of phosphoric ester groups is 1. The van der Waals surface area contributed by atoms with Crippen molar-refractivity contribution in [3.63, 3.8) is 0 Å². The minimum absolute atomic E-state index is 0.0458. The Balaban J connectivity index is 2.51. The molecule has 1 aliphatic carbocycles. The second-order valence-corrected chi connectivity index (χ2v) is 18.6. The molecule has 1 aliphatic rings. The van der Waals surface area contributed by atoms with Crippen LogP contribution in [0.1, 0.15) is 168 Å². The van der Waals surface area contributed by atoms with Gasteiger partial charge < -0.3 is 45.0 Å². The molecular weight excluding hydrogens is 880 g/mol. The Morgan fingerprint density at radius 1 is 0.537 bits per heavy atom. The van der Waals surface area contributed by atoms with Crippen LogP contribution in [0.2, 0.25) is 0 Å². The molecule has 0 aromatic heterocycles. The van der Waals surface area contributed by atoms with E-state index in [-0.39, 0.29) is 12.8 Å². The number of carbonyl (C=O) groups excluding carboxylic acids is 2. The largest absolute Gasteiger partial charge is 0.472 e. The molecule has 0 spiro atoms. The van der Waals surface area contributed by atoms with Gasteiger partial charge in [-0.3, -0.25) is 18.6 Å². The lowest BCUT2D eigenvalue weighted by molar-refractivity contribution is -0.220. The molecule has 0 aliphatic heterocycles. The van der Waals surface area contributed by atoms with Gasteiger partial charge in [0.25, 0.3) is 0 Å². The Kier molecular flexibility index (Phi) is 37.8. The Morgan fingerprint density at radius 2 is 1.00 bits per heavy atom. The number of ether oxygens (including phenoxy) is 2. The number of rotatable bonds is 40. The number of esters is 2. The third-order valence-corrected chi connectivity index (χ3v) is 12.0. The molecule has 0 saturated heterocycles. The normalized spacial score (nSPS) is 22.3. The van der Waals surface area contributed by atoms with Crippen LogP contribution in [0.5, 0.6) is 0 Å². The fraction of sp³-hybridized carbons (Fsp3) is 0.692. The average molecular weight is 967 g/mol. The molecule has 67 heavy (non-hydrogen) atoms. The SMILES string of the molecule is CCCCC/C=C\C/C=C\CC(O)/C=C\C=C\CCCC(=O)O[C@H](COC(=O)CCCCCCCC/C=C\C/C=C\C/C=C\CCCCCC)COP(=O)(O)OC1[C@H](O)[C@H](O)C(O)[C@H](O)[C@H]1O. The van der Waals surface area contributed by atoms with Gasteiger partial charge in [-0.1, -0.05) is 157 Å². The van der Waals surface area contributed by atoms with Gasteiger partial charge in [0.05, 0.1) is 12.7 Å². The highest BCUT2D eigenvalue weighted by Crippen LogP contribution is 2.47. The topological polar surface area (TPSA) is 230 Å². The molecule has 4 unspecified atom stereocenters. The highest BCUT2D eigenvalue weighted by Gasteiger charge is 2.51. The van der Waals surface area contributed by atoms with E-state index in [4.69, 9.17) is 18.5 Å². The lowest BCUT2D eigenvalue weighted by Gasteiger charge is -2.41. The number of hydrogen-bond donors (Lipinski definition) is 7. The lowest BCUT2D eigenvalue weighted by atomic mass is 9.85. The Bertz CT molecular complexity index is 1510. The molecule has 0 heterocycles. The van der Waals surface area contributed by atoms with Gasteiger partial charge in [0, 0.05) is 12.8 Å². The van der Waals surface area contributed by atoms with Crippen molar-refractivity contribution in [3.8, 4) is 0 Å². The highest BCUT2D eigenvalue weighted by molar-refractivity contribution is 7.47. The summed E-state index contributed by atoms with van der Waals surface area (Å²) in [5, 5.41) is 60.4. The van der Waals surface area contributed by atoms with Crippen molar-refractivity contribution in [1.82, 2.24) is 0 Å². The number of aliphatic hydroxyl groups excluding tert-OH is 6. The highest BCUT2D eigenvalue weighted by atomic mass is 31.2. The van der Waals surface area contributed by atoms with Gasteiger partial charge in [-0.2, -0.15) is 0 Å². The standard InChI is InChI=1S/C52H87O14P/c1-3-5-7-9-11-13-14-15-16-17-18-19-20-21-22-23-25-27-31-35-39-45(54)63-41-44(42-64-67(61,62)66-52-50(59)48(57)47(56)49(58)51(52)60)65-46(55)40-36-32-28-30-34-38-43(53)37-33-29-26-24-12-10-8-6-4-2/h12-14,16-17,19-20,24,28-30,33-34,38,43-44,47-53,56-60H,3-11,15,18,21-23,25-27,31-32,35-37,39-42H2,1-2H3,(H,61,62)/b14-13-,17-16-,20-19-,24-12-,30-28+,33-29-,38-34-/t43?,44-,47?,48-,49+,50-,51-,52?/m1/s1. The molecule has 1 rings (SSSR count). The molecular formula is C52H87O14P. The van der Waals surface area contributed by atoms with Crippen molar-refractivity contribution in [1.29, 1.82) is 0 Å². The molecule has 0 aromatic rings. The van der Waals surface area contributed by atoms with Crippen LogP contribution in [0.4, 0.5) is 0 Å². The molecule has 1 saturated carbocycles. The molecule has 384 valence electrons. The zero-order chi connectivity index (χ0) is 49.4. The number of aliphatic hydroxyl groups is 6.